The Balaban J connectivity index is 3.54. The van der Waals surface area contributed by atoms with E-state index >= 15 is 0 Å². The molecule has 0 saturated carbocycles. The fourth-order valence-corrected chi connectivity index (χ4v) is 3.01. The average Bonchev–Trinajstić information content (AvgIpc) is 2.08. The Morgan fingerprint density at radius 3 is 2.27 bits per heavy atom. The van der Waals surface area contributed by atoms with Gasteiger partial charge in [-0.2, -0.15) is 0 Å². The molecule has 3 nitrogen and oxygen atoms in total. The summed E-state index contributed by atoms with van der Waals surface area (Å²) in [5.41, 5.74) is 0. The molecule has 15 heavy (non-hydrogen) atoms. The molecule has 0 bridgehead atoms. The first-order valence-corrected chi connectivity index (χ1v) is 7.72. The standard InChI is InChI=1S/C9H19NO2S3/c1-2-3-4-5-6-7-8-15(11,12)10-9(13)14/h2-8H2,1H3,(H2,10,13,14). The van der Waals surface area contributed by atoms with Crippen molar-refractivity contribution in [2.45, 2.75) is 45.4 Å². The van der Waals surface area contributed by atoms with Crippen LogP contribution >= 0.6 is 24.8 Å². The summed E-state index contributed by atoms with van der Waals surface area (Å²) < 4.78 is 24.8. The van der Waals surface area contributed by atoms with Crippen LogP contribution in [0.3, 0.4) is 0 Å². The fraction of sp³-hybridized carbons (Fsp3) is 0.889. The summed E-state index contributed by atoms with van der Waals surface area (Å²) in [7, 11) is -3.24. The molecule has 0 heterocycles. The zero-order chi connectivity index (χ0) is 11.7. The topological polar surface area (TPSA) is 46.2 Å². The molecule has 0 unspecified atom stereocenters. The molecule has 0 spiro atoms. The molecule has 0 saturated heterocycles. The van der Waals surface area contributed by atoms with Crippen molar-refractivity contribution in [3.8, 4) is 0 Å². The zero-order valence-corrected chi connectivity index (χ0v) is 11.6. The largest absolute Gasteiger partial charge is 0.268 e. The highest BCUT2D eigenvalue weighted by atomic mass is 32.2. The van der Waals surface area contributed by atoms with E-state index in [1.807, 2.05) is 0 Å². The first-order chi connectivity index (χ1) is 6.98. The van der Waals surface area contributed by atoms with Crippen LogP contribution in [0.25, 0.3) is 0 Å². The number of rotatable bonds is 8. The molecule has 0 amide bonds. The quantitative estimate of drug-likeness (QED) is 0.404. The molecule has 90 valence electrons. The Bertz CT molecular complexity index is 275. The van der Waals surface area contributed by atoms with Gasteiger partial charge in [0.05, 0.1) is 5.75 Å². The van der Waals surface area contributed by atoms with Crippen molar-refractivity contribution in [2.24, 2.45) is 0 Å². The lowest BCUT2D eigenvalue weighted by Gasteiger charge is -2.05. The van der Waals surface area contributed by atoms with Crippen LogP contribution in [0.15, 0.2) is 0 Å². The highest BCUT2D eigenvalue weighted by molar-refractivity contribution is 8.12. The lowest BCUT2D eigenvalue weighted by Crippen LogP contribution is -2.28. The molecule has 0 aliphatic heterocycles. The predicted octanol–water partition coefficient (Wildman–Crippen LogP) is 2.48. The molecule has 1 N–H and O–H groups in total. The zero-order valence-electron chi connectivity index (χ0n) is 9.03. The van der Waals surface area contributed by atoms with Gasteiger partial charge in [-0.3, -0.25) is 4.72 Å². The summed E-state index contributed by atoms with van der Waals surface area (Å²) in [5, 5.41) is 0. The predicted molar refractivity (Wildman–Crippen MR) is 71.9 cm³/mol. The van der Waals surface area contributed by atoms with Gasteiger partial charge in [0.2, 0.25) is 10.0 Å². The maximum Gasteiger partial charge on any atom is 0.233 e. The molecule has 0 fully saturated rings. The monoisotopic (exact) mass is 269 g/mol. The lowest BCUT2D eigenvalue weighted by atomic mass is 10.1. The third-order valence-electron chi connectivity index (χ3n) is 2.01. The lowest BCUT2D eigenvalue weighted by molar-refractivity contribution is 0.581. The van der Waals surface area contributed by atoms with E-state index in [9.17, 15) is 8.42 Å². The van der Waals surface area contributed by atoms with Gasteiger partial charge in [0.1, 0.15) is 4.32 Å². The first kappa shape index (κ1) is 15.2. The van der Waals surface area contributed by atoms with Gasteiger partial charge in [0.25, 0.3) is 0 Å². The minimum Gasteiger partial charge on any atom is -0.268 e. The van der Waals surface area contributed by atoms with E-state index < -0.39 is 10.0 Å². The summed E-state index contributed by atoms with van der Waals surface area (Å²) in [6.45, 7) is 2.15. The van der Waals surface area contributed by atoms with Gasteiger partial charge in [-0.05, 0) is 6.42 Å². The first-order valence-electron chi connectivity index (χ1n) is 5.21. The van der Waals surface area contributed by atoms with Crippen LogP contribution in [0.5, 0.6) is 0 Å². The van der Waals surface area contributed by atoms with Crippen molar-refractivity contribution in [2.75, 3.05) is 5.75 Å². The van der Waals surface area contributed by atoms with Gasteiger partial charge in [-0.25, -0.2) is 8.42 Å². The Labute approximate surface area is 103 Å². The molecular weight excluding hydrogens is 250 g/mol. The molecule has 0 aromatic rings. The van der Waals surface area contributed by atoms with E-state index in [2.05, 4.69) is 36.5 Å². The van der Waals surface area contributed by atoms with Crippen LogP contribution in [-0.4, -0.2) is 18.5 Å². The normalized spacial score (nSPS) is 11.3. The van der Waals surface area contributed by atoms with Crippen LogP contribution in [0.1, 0.15) is 45.4 Å². The molecule has 0 aliphatic rings. The van der Waals surface area contributed by atoms with Crippen LogP contribution in [0, 0.1) is 0 Å². The second-order valence-electron chi connectivity index (χ2n) is 3.49. The molecule has 0 rings (SSSR count). The van der Waals surface area contributed by atoms with Crippen molar-refractivity contribution in [1.29, 1.82) is 0 Å². The molecule has 6 heteroatoms. The minimum absolute atomic E-state index is 0.0148. The molecule has 0 radical (unpaired) electrons. The van der Waals surface area contributed by atoms with Crippen molar-refractivity contribution in [3.05, 3.63) is 0 Å². The summed E-state index contributed by atoms with van der Waals surface area (Å²) in [5.74, 6) is 0.139. The molecule has 0 aromatic carbocycles. The maximum absolute atomic E-state index is 11.3. The van der Waals surface area contributed by atoms with E-state index in [0.29, 0.717) is 6.42 Å². The van der Waals surface area contributed by atoms with Crippen LogP contribution < -0.4 is 4.72 Å². The van der Waals surface area contributed by atoms with Gasteiger partial charge in [-0.1, -0.05) is 51.2 Å². The Kier molecular flexibility index (Phi) is 8.46. The van der Waals surface area contributed by atoms with Gasteiger partial charge in [0, 0.05) is 0 Å². The summed E-state index contributed by atoms with van der Waals surface area (Å²) in [6, 6.07) is 0. The van der Waals surface area contributed by atoms with Gasteiger partial charge in [-0.15, -0.1) is 12.6 Å². The SMILES string of the molecule is CCCCCCCCS(=O)(=O)NC(=S)S. The van der Waals surface area contributed by atoms with E-state index in [0.717, 1.165) is 12.8 Å². The number of unbranched alkanes of at least 4 members (excludes halogenated alkanes) is 5. The van der Waals surface area contributed by atoms with Crippen molar-refractivity contribution in [1.82, 2.24) is 4.72 Å². The van der Waals surface area contributed by atoms with E-state index in [4.69, 9.17) is 0 Å². The number of hydrogen-bond acceptors (Lipinski definition) is 3. The maximum atomic E-state index is 11.3. The van der Waals surface area contributed by atoms with Crippen molar-refractivity contribution in [3.63, 3.8) is 0 Å². The third-order valence-corrected chi connectivity index (χ3v) is 3.85. The van der Waals surface area contributed by atoms with Gasteiger partial charge >= 0.3 is 0 Å². The highest BCUT2D eigenvalue weighted by Crippen LogP contribution is 2.06. The summed E-state index contributed by atoms with van der Waals surface area (Å²) in [4.78, 5) is 0. The molecule has 0 aromatic heterocycles. The molecule has 0 aliphatic carbocycles. The van der Waals surface area contributed by atoms with Gasteiger partial charge in [0.15, 0.2) is 0 Å². The number of thiol groups is 1. The number of thiocarbonyl (C=S) groups is 1. The Hall–Kier alpha value is 0.190. The van der Waals surface area contributed by atoms with E-state index in [-0.39, 0.29) is 10.1 Å². The number of hydrogen-bond donors (Lipinski definition) is 2. The second-order valence-corrected chi connectivity index (χ2v) is 6.49. The van der Waals surface area contributed by atoms with Crippen LogP contribution in [0.4, 0.5) is 0 Å². The smallest absolute Gasteiger partial charge is 0.233 e. The van der Waals surface area contributed by atoms with E-state index in [1.54, 1.807) is 0 Å². The minimum atomic E-state index is -3.24. The van der Waals surface area contributed by atoms with Crippen molar-refractivity contribution < 1.29 is 8.42 Å². The third kappa shape index (κ3) is 10.5. The second kappa shape index (κ2) is 8.35. The Morgan fingerprint density at radius 1 is 1.20 bits per heavy atom. The Morgan fingerprint density at radius 2 is 1.73 bits per heavy atom. The number of nitrogens with one attached hydrogen (secondary N) is 1. The van der Waals surface area contributed by atoms with Crippen LogP contribution in [-0.2, 0) is 10.0 Å². The van der Waals surface area contributed by atoms with Gasteiger partial charge < -0.3 is 0 Å². The van der Waals surface area contributed by atoms with E-state index in [1.165, 1.54) is 19.3 Å². The summed E-state index contributed by atoms with van der Waals surface area (Å²) in [6.07, 6.45) is 6.37. The summed E-state index contributed by atoms with van der Waals surface area (Å²) >= 11 is 8.28. The average molecular weight is 269 g/mol. The number of sulfonamides is 1. The highest BCUT2D eigenvalue weighted by Gasteiger charge is 2.09. The van der Waals surface area contributed by atoms with Crippen molar-refractivity contribution >= 4 is 39.2 Å². The molecule has 0 atom stereocenters. The fourth-order valence-electron chi connectivity index (χ4n) is 1.26. The molecular formula is C9H19NO2S3. The van der Waals surface area contributed by atoms with Crippen LogP contribution in [0.2, 0.25) is 0 Å².